The van der Waals surface area contributed by atoms with E-state index in [4.69, 9.17) is 11.6 Å². The van der Waals surface area contributed by atoms with E-state index in [0.717, 1.165) is 51.7 Å². The van der Waals surface area contributed by atoms with E-state index in [9.17, 15) is 9.59 Å². The van der Waals surface area contributed by atoms with Crippen molar-refractivity contribution in [3.8, 4) is 5.69 Å². The maximum absolute atomic E-state index is 12.9. The van der Waals surface area contributed by atoms with Gasteiger partial charge in [0, 0.05) is 28.1 Å². The topological polar surface area (TPSA) is 42.3 Å². The molecule has 1 saturated heterocycles. The van der Waals surface area contributed by atoms with Crippen LogP contribution >= 0.6 is 39.3 Å². The highest BCUT2D eigenvalue weighted by molar-refractivity contribution is 9.10. The highest BCUT2D eigenvalue weighted by atomic mass is 79.9. The number of hydrogen-bond donors (Lipinski definition) is 0. The molecule has 0 bridgehead atoms. The highest BCUT2D eigenvalue weighted by Gasteiger charge is 2.36. The molecule has 4 nitrogen and oxygen atoms in total. The van der Waals surface area contributed by atoms with Crippen molar-refractivity contribution in [3.05, 3.63) is 55.6 Å². The van der Waals surface area contributed by atoms with Crippen LogP contribution in [0.25, 0.3) is 11.8 Å². The van der Waals surface area contributed by atoms with Gasteiger partial charge >= 0.3 is 0 Å². The van der Waals surface area contributed by atoms with E-state index in [0.29, 0.717) is 22.4 Å². The summed E-state index contributed by atoms with van der Waals surface area (Å²) in [5.41, 5.74) is 3.95. The minimum Gasteiger partial charge on any atom is -0.318 e. The zero-order valence-corrected chi connectivity index (χ0v) is 20.2. The van der Waals surface area contributed by atoms with Crippen LogP contribution in [-0.2, 0) is 4.79 Å². The second-order valence-corrected chi connectivity index (χ2v) is 10.3. The van der Waals surface area contributed by atoms with Crippen LogP contribution in [0.15, 0.2) is 33.6 Å². The summed E-state index contributed by atoms with van der Waals surface area (Å²) in [5.74, 6) is 0.283. The van der Waals surface area contributed by atoms with Gasteiger partial charge in [-0.2, -0.15) is 0 Å². The average molecular weight is 508 g/mol. The Labute approximate surface area is 194 Å². The molecule has 2 amide bonds. The number of rotatable bonds is 4. The van der Waals surface area contributed by atoms with Gasteiger partial charge in [0.25, 0.3) is 11.1 Å². The van der Waals surface area contributed by atoms with Crippen molar-refractivity contribution in [2.24, 2.45) is 5.92 Å². The van der Waals surface area contributed by atoms with Gasteiger partial charge in [0.1, 0.15) is 0 Å². The first-order chi connectivity index (χ1) is 14.3. The number of carbonyl (C=O) groups excluding carboxylic acids is 2. The van der Waals surface area contributed by atoms with Gasteiger partial charge in [-0.3, -0.25) is 14.5 Å². The van der Waals surface area contributed by atoms with E-state index in [1.807, 2.05) is 44.2 Å². The van der Waals surface area contributed by atoms with Crippen molar-refractivity contribution < 1.29 is 9.59 Å². The van der Waals surface area contributed by atoms with Gasteiger partial charge in [-0.1, -0.05) is 30.9 Å². The number of halogens is 2. The largest absolute Gasteiger partial charge is 0.318 e. The Balaban J connectivity index is 1.59. The number of hydrogen-bond acceptors (Lipinski definition) is 3. The third-order valence-corrected chi connectivity index (χ3v) is 8.10. The molecule has 1 aliphatic heterocycles. The Morgan fingerprint density at radius 3 is 2.60 bits per heavy atom. The van der Waals surface area contributed by atoms with Crippen LogP contribution in [-0.4, -0.2) is 27.2 Å². The molecule has 0 spiro atoms. The second kappa shape index (κ2) is 8.93. The fourth-order valence-electron chi connectivity index (χ4n) is 4.38. The van der Waals surface area contributed by atoms with Crippen LogP contribution in [0, 0.1) is 19.8 Å². The van der Waals surface area contributed by atoms with Crippen LogP contribution in [0.4, 0.5) is 4.79 Å². The molecule has 1 aromatic heterocycles. The quantitative estimate of drug-likeness (QED) is 0.413. The number of benzene rings is 1. The van der Waals surface area contributed by atoms with Crippen molar-refractivity contribution in [1.82, 2.24) is 9.47 Å². The first kappa shape index (κ1) is 21.7. The Kier molecular flexibility index (Phi) is 6.47. The molecule has 0 N–H and O–H groups in total. The molecule has 158 valence electrons. The van der Waals surface area contributed by atoms with Crippen LogP contribution in [0.1, 0.15) is 49.1 Å². The van der Waals surface area contributed by atoms with Crippen molar-refractivity contribution >= 4 is 56.5 Å². The van der Waals surface area contributed by atoms with Crippen molar-refractivity contribution in [3.63, 3.8) is 0 Å². The third-order valence-electron chi connectivity index (χ3n) is 5.96. The van der Waals surface area contributed by atoms with Gasteiger partial charge in [-0.05, 0) is 96.2 Å². The van der Waals surface area contributed by atoms with Crippen LogP contribution in [0.5, 0.6) is 0 Å². The molecule has 2 heterocycles. The van der Waals surface area contributed by atoms with Crippen molar-refractivity contribution in [2.75, 3.05) is 6.54 Å². The molecule has 0 unspecified atom stereocenters. The lowest BCUT2D eigenvalue weighted by Crippen LogP contribution is -2.34. The number of imide groups is 1. The lowest BCUT2D eigenvalue weighted by Gasteiger charge is -2.25. The molecule has 4 rings (SSSR count). The Bertz CT molecular complexity index is 1040. The Hall–Kier alpha value is -1.50. The van der Waals surface area contributed by atoms with E-state index in [1.165, 1.54) is 24.2 Å². The predicted octanol–water partition coefficient (Wildman–Crippen LogP) is 7.13. The maximum Gasteiger partial charge on any atom is 0.293 e. The summed E-state index contributed by atoms with van der Waals surface area (Å²) in [6.45, 7) is 4.59. The molecule has 1 saturated carbocycles. The minimum absolute atomic E-state index is 0.148. The fraction of sp³-hybridized carbons (Fsp3) is 0.391. The summed E-state index contributed by atoms with van der Waals surface area (Å²) in [6.07, 6.45) is 7.73. The monoisotopic (exact) mass is 506 g/mol. The number of amides is 2. The van der Waals surface area contributed by atoms with Crippen molar-refractivity contribution in [2.45, 2.75) is 46.0 Å². The smallest absolute Gasteiger partial charge is 0.293 e. The zero-order valence-electron chi connectivity index (χ0n) is 17.1. The average Bonchev–Trinajstić information content (AvgIpc) is 3.15. The zero-order chi connectivity index (χ0) is 21.4. The normalized spacial score (nSPS) is 19.3. The number of aromatic nitrogens is 1. The summed E-state index contributed by atoms with van der Waals surface area (Å²) in [6, 6.07) is 7.87. The summed E-state index contributed by atoms with van der Waals surface area (Å²) >= 11 is 10.8. The van der Waals surface area contributed by atoms with Crippen LogP contribution < -0.4 is 0 Å². The van der Waals surface area contributed by atoms with Crippen LogP contribution in [0.2, 0.25) is 5.02 Å². The van der Waals surface area contributed by atoms with Gasteiger partial charge in [0.15, 0.2) is 0 Å². The standard InChI is InChI=1S/C23H24BrClN2O2S/c1-14-10-17(15(2)27(14)18-8-9-19(24)20(25)12-18)11-21-22(28)26(23(29)30-21)13-16-6-4-3-5-7-16/h8-12,16H,3-7,13H2,1-2H3/b21-11+. The molecule has 1 aliphatic carbocycles. The number of aryl methyl sites for hydroxylation is 1. The van der Waals surface area contributed by atoms with E-state index >= 15 is 0 Å². The molecule has 30 heavy (non-hydrogen) atoms. The maximum atomic E-state index is 12.9. The van der Waals surface area contributed by atoms with E-state index in [2.05, 4.69) is 20.5 Å². The molecule has 0 radical (unpaired) electrons. The number of thioether (sulfide) groups is 1. The Morgan fingerprint density at radius 1 is 1.17 bits per heavy atom. The molecule has 2 aliphatic rings. The van der Waals surface area contributed by atoms with Gasteiger partial charge in [0.2, 0.25) is 0 Å². The first-order valence-electron chi connectivity index (χ1n) is 10.2. The molecule has 0 atom stereocenters. The molecule has 1 aromatic carbocycles. The van der Waals surface area contributed by atoms with E-state index < -0.39 is 0 Å². The molecular formula is C23H24BrClN2O2S. The lowest BCUT2D eigenvalue weighted by atomic mass is 9.89. The molecular weight excluding hydrogens is 484 g/mol. The first-order valence-corrected chi connectivity index (χ1v) is 12.2. The highest BCUT2D eigenvalue weighted by Crippen LogP contribution is 2.36. The minimum atomic E-state index is -0.160. The second-order valence-electron chi connectivity index (χ2n) is 8.06. The van der Waals surface area contributed by atoms with Gasteiger partial charge in [0.05, 0.1) is 9.93 Å². The third kappa shape index (κ3) is 4.27. The Morgan fingerprint density at radius 2 is 1.90 bits per heavy atom. The molecule has 7 heteroatoms. The fourth-order valence-corrected chi connectivity index (χ4v) is 5.64. The van der Waals surface area contributed by atoms with Crippen LogP contribution in [0.3, 0.4) is 0 Å². The SMILES string of the molecule is Cc1cc(/C=C2/SC(=O)N(CC3CCCCC3)C2=O)c(C)n1-c1ccc(Br)c(Cl)c1. The summed E-state index contributed by atoms with van der Waals surface area (Å²) < 4.78 is 2.96. The summed E-state index contributed by atoms with van der Waals surface area (Å²) in [7, 11) is 0. The van der Waals surface area contributed by atoms with Gasteiger partial charge in [-0.25, -0.2) is 0 Å². The van der Waals surface area contributed by atoms with Gasteiger partial charge < -0.3 is 4.57 Å². The lowest BCUT2D eigenvalue weighted by molar-refractivity contribution is -0.123. The van der Waals surface area contributed by atoms with Gasteiger partial charge in [-0.15, -0.1) is 0 Å². The molecule has 2 aromatic rings. The van der Waals surface area contributed by atoms with E-state index in [-0.39, 0.29) is 11.1 Å². The summed E-state index contributed by atoms with van der Waals surface area (Å²) in [4.78, 5) is 27.4. The predicted molar refractivity (Wildman–Crippen MR) is 127 cm³/mol. The number of carbonyl (C=O) groups is 2. The number of nitrogens with zero attached hydrogens (tertiary/aromatic N) is 2. The molecule has 2 fully saturated rings. The summed E-state index contributed by atoms with van der Waals surface area (Å²) in [5, 5.41) is 0.496. The van der Waals surface area contributed by atoms with E-state index in [1.54, 1.807) is 0 Å². The van der Waals surface area contributed by atoms with Crippen molar-refractivity contribution in [1.29, 1.82) is 0 Å².